The molecule has 230 valence electrons. The lowest BCUT2D eigenvalue weighted by molar-refractivity contribution is -0.120. The van der Waals surface area contributed by atoms with Gasteiger partial charge in [-0.2, -0.15) is 0 Å². The summed E-state index contributed by atoms with van der Waals surface area (Å²) in [5, 5.41) is 17.2. The van der Waals surface area contributed by atoms with Crippen LogP contribution in [-0.4, -0.2) is 80.2 Å². The van der Waals surface area contributed by atoms with Gasteiger partial charge in [0.1, 0.15) is 12.6 Å². The summed E-state index contributed by atoms with van der Waals surface area (Å²) in [7, 11) is 0. The van der Waals surface area contributed by atoms with Gasteiger partial charge >= 0.3 is 12.2 Å². The molecule has 3 fully saturated rings. The third-order valence-electron chi connectivity index (χ3n) is 7.97. The molecule has 1 saturated carbocycles. The Balaban J connectivity index is 1.14. The first-order chi connectivity index (χ1) is 21.4. The van der Waals surface area contributed by atoms with E-state index in [9.17, 15) is 24.3 Å². The smallest absolute Gasteiger partial charge is 0.411 e. The molecule has 4 amide bonds. The number of likely N-dealkylation sites (tertiary alicyclic amines) is 1. The lowest BCUT2D eigenvalue weighted by Gasteiger charge is -2.37. The van der Waals surface area contributed by atoms with Crippen molar-refractivity contribution >= 4 is 52.2 Å². The number of benzene rings is 2. The summed E-state index contributed by atoms with van der Waals surface area (Å²) in [5.74, 6) is -0.250. The summed E-state index contributed by atoms with van der Waals surface area (Å²) in [5.41, 5.74) is 2.88. The molecule has 2 aliphatic heterocycles. The zero-order valence-corrected chi connectivity index (χ0v) is 25.5. The Labute approximate surface area is 263 Å². The molecule has 3 atom stereocenters. The molecule has 3 unspecified atom stereocenters. The van der Waals surface area contributed by atoms with Gasteiger partial charge in [-0.1, -0.05) is 42.5 Å². The van der Waals surface area contributed by atoms with E-state index in [1.54, 1.807) is 12.1 Å². The second kappa shape index (κ2) is 13.3. The van der Waals surface area contributed by atoms with Crippen molar-refractivity contribution in [3.63, 3.8) is 0 Å². The van der Waals surface area contributed by atoms with Crippen LogP contribution in [0.25, 0.3) is 11.3 Å². The fraction of sp³-hybridized carbons (Fsp3) is 0.387. The number of anilines is 1. The summed E-state index contributed by atoms with van der Waals surface area (Å²) < 4.78 is 5.67. The summed E-state index contributed by atoms with van der Waals surface area (Å²) in [6, 6.07) is 16.0. The summed E-state index contributed by atoms with van der Waals surface area (Å²) in [4.78, 5) is 58.6. The maximum absolute atomic E-state index is 13.6. The standard InChI is InChI=1S/C31H33N5O6S2/c37-26(32-23-12-13-23)21-10-8-20(9-11-21)24-17-44-29(33-24)34-27(38)25-18-43-28(22-7-4-14-35(15-22)30(39)40)36(25)31(41)42-16-19-5-2-1-3-6-19/h1-3,5-6,8-11,17,22-23,25,28H,4,7,12-16,18H2,(H,32,37)(H,39,40)(H,33,34,38). The van der Waals surface area contributed by atoms with E-state index in [1.165, 1.54) is 32.9 Å². The van der Waals surface area contributed by atoms with Crippen molar-refractivity contribution in [1.82, 2.24) is 20.1 Å². The zero-order chi connectivity index (χ0) is 30.6. The SMILES string of the molecule is O=C(NC1CC1)c1ccc(-c2csc(NC(=O)C3CSC(C4CCCN(C(=O)O)C4)N3C(=O)OCc3ccccc3)n2)cc1. The molecule has 44 heavy (non-hydrogen) atoms. The molecule has 2 saturated heterocycles. The van der Waals surface area contributed by atoms with Crippen molar-refractivity contribution < 1.29 is 29.0 Å². The third-order valence-corrected chi connectivity index (χ3v) is 10.2. The lowest BCUT2D eigenvalue weighted by Crippen LogP contribution is -2.52. The van der Waals surface area contributed by atoms with Gasteiger partial charge < -0.3 is 25.4 Å². The molecule has 2 aromatic carbocycles. The van der Waals surface area contributed by atoms with Crippen molar-refractivity contribution in [3.8, 4) is 11.3 Å². The number of thiazole rings is 1. The molecular formula is C31H33N5O6S2. The van der Waals surface area contributed by atoms with Crippen LogP contribution in [0.1, 0.15) is 41.6 Å². The molecular weight excluding hydrogens is 603 g/mol. The van der Waals surface area contributed by atoms with Gasteiger partial charge in [0, 0.05) is 47.3 Å². The molecule has 11 nitrogen and oxygen atoms in total. The minimum Gasteiger partial charge on any atom is -0.465 e. The van der Waals surface area contributed by atoms with E-state index in [-0.39, 0.29) is 30.4 Å². The van der Waals surface area contributed by atoms with E-state index in [2.05, 4.69) is 15.6 Å². The van der Waals surface area contributed by atoms with E-state index in [0.717, 1.165) is 30.4 Å². The molecule has 6 rings (SSSR count). The molecule has 0 spiro atoms. The Morgan fingerprint density at radius 1 is 1.02 bits per heavy atom. The van der Waals surface area contributed by atoms with E-state index in [4.69, 9.17) is 4.74 Å². The zero-order valence-electron chi connectivity index (χ0n) is 23.9. The Bertz CT molecular complexity index is 1510. The number of carbonyl (C=O) groups is 4. The molecule has 1 aromatic heterocycles. The molecule has 3 N–H and O–H groups in total. The van der Waals surface area contributed by atoms with Gasteiger partial charge in [-0.05, 0) is 43.4 Å². The van der Waals surface area contributed by atoms with E-state index >= 15 is 0 Å². The normalized spacial score (nSPS) is 21.5. The lowest BCUT2D eigenvalue weighted by atomic mass is 9.97. The topological polar surface area (TPSA) is 141 Å². The number of nitrogens with one attached hydrogen (secondary N) is 2. The minimum absolute atomic E-state index is 0.0602. The van der Waals surface area contributed by atoms with Crippen LogP contribution >= 0.6 is 23.1 Å². The number of aromatic nitrogens is 1. The highest BCUT2D eigenvalue weighted by Crippen LogP contribution is 2.39. The van der Waals surface area contributed by atoms with Gasteiger partial charge in [-0.3, -0.25) is 14.5 Å². The Hall–Kier alpha value is -4.10. The van der Waals surface area contributed by atoms with Crippen LogP contribution < -0.4 is 10.6 Å². The van der Waals surface area contributed by atoms with Crippen LogP contribution in [0.4, 0.5) is 14.7 Å². The first-order valence-corrected chi connectivity index (χ1v) is 16.5. The average molecular weight is 636 g/mol. The molecule has 3 heterocycles. The van der Waals surface area contributed by atoms with E-state index in [1.807, 2.05) is 47.8 Å². The summed E-state index contributed by atoms with van der Waals surface area (Å²) >= 11 is 2.75. The van der Waals surface area contributed by atoms with Gasteiger partial charge in [0.15, 0.2) is 5.13 Å². The number of carbonyl (C=O) groups excluding carboxylic acids is 3. The van der Waals surface area contributed by atoms with Gasteiger partial charge in [-0.25, -0.2) is 14.6 Å². The summed E-state index contributed by atoms with van der Waals surface area (Å²) in [6.45, 7) is 0.805. The molecule has 0 bridgehead atoms. The van der Waals surface area contributed by atoms with Crippen molar-refractivity contribution in [1.29, 1.82) is 0 Å². The maximum atomic E-state index is 13.6. The highest BCUT2D eigenvalue weighted by atomic mass is 32.2. The van der Waals surface area contributed by atoms with E-state index in [0.29, 0.717) is 41.7 Å². The quantitative estimate of drug-likeness (QED) is 0.310. The number of carboxylic acid groups (broad SMARTS) is 1. The number of rotatable bonds is 8. The number of hydrogen-bond donors (Lipinski definition) is 3. The fourth-order valence-corrected chi connectivity index (χ4v) is 7.78. The molecule has 13 heteroatoms. The predicted octanol–water partition coefficient (Wildman–Crippen LogP) is 5.11. The molecule has 1 aliphatic carbocycles. The van der Waals surface area contributed by atoms with Crippen molar-refractivity contribution in [2.75, 3.05) is 24.2 Å². The van der Waals surface area contributed by atoms with Crippen molar-refractivity contribution in [2.24, 2.45) is 5.92 Å². The van der Waals surface area contributed by atoms with E-state index < -0.39 is 23.6 Å². The number of thioether (sulfide) groups is 1. The number of nitrogens with zero attached hydrogens (tertiary/aromatic N) is 3. The Morgan fingerprint density at radius 3 is 2.52 bits per heavy atom. The molecule has 0 radical (unpaired) electrons. The van der Waals surface area contributed by atoms with Gasteiger partial charge in [0.05, 0.1) is 11.1 Å². The predicted molar refractivity (Wildman–Crippen MR) is 167 cm³/mol. The number of piperidine rings is 1. The second-order valence-corrected chi connectivity index (χ2v) is 13.2. The largest absolute Gasteiger partial charge is 0.465 e. The number of amides is 4. The second-order valence-electron chi connectivity index (χ2n) is 11.2. The van der Waals surface area contributed by atoms with Gasteiger partial charge in [0.2, 0.25) is 5.91 Å². The average Bonchev–Trinajstić information content (AvgIpc) is 3.54. The fourth-order valence-electron chi connectivity index (χ4n) is 5.48. The molecule has 3 aromatic rings. The van der Waals surface area contributed by atoms with Crippen LogP contribution in [0.3, 0.4) is 0 Å². The highest BCUT2D eigenvalue weighted by Gasteiger charge is 2.47. The van der Waals surface area contributed by atoms with Crippen LogP contribution in [-0.2, 0) is 16.1 Å². The first-order valence-electron chi connectivity index (χ1n) is 14.6. The third kappa shape index (κ3) is 6.99. The van der Waals surface area contributed by atoms with Crippen molar-refractivity contribution in [2.45, 2.75) is 49.7 Å². The Morgan fingerprint density at radius 2 is 1.80 bits per heavy atom. The van der Waals surface area contributed by atoms with Crippen molar-refractivity contribution in [3.05, 3.63) is 71.1 Å². The highest BCUT2D eigenvalue weighted by molar-refractivity contribution is 8.00. The maximum Gasteiger partial charge on any atom is 0.411 e. The van der Waals surface area contributed by atoms with Crippen LogP contribution in [0.15, 0.2) is 60.0 Å². The number of ether oxygens (including phenoxy) is 1. The number of hydrogen-bond acceptors (Lipinski definition) is 8. The Kier molecular flexibility index (Phi) is 9.03. The molecule has 3 aliphatic rings. The van der Waals surface area contributed by atoms with Gasteiger partial charge in [-0.15, -0.1) is 23.1 Å². The van der Waals surface area contributed by atoms with Crippen LogP contribution in [0.5, 0.6) is 0 Å². The minimum atomic E-state index is -0.985. The van der Waals surface area contributed by atoms with Crippen LogP contribution in [0, 0.1) is 5.92 Å². The van der Waals surface area contributed by atoms with Gasteiger partial charge in [0.25, 0.3) is 5.91 Å². The monoisotopic (exact) mass is 635 g/mol. The van der Waals surface area contributed by atoms with Crippen LogP contribution in [0.2, 0.25) is 0 Å². The summed E-state index contributed by atoms with van der Waals surface area (Å²) in [6.07, 6.45) is 1.88. The first kappa shape index (κ1) is 29.9.